The van der Waals surface area contributed by atoms with Gasteiger partial charge >= 0.3 is 0 Å². The Kier molecular flexibility index (Phi) is 10.3. The first-order chi connectivity index (χ1) is 20.0. The van der Waals surface area contributed by atoms with Gasteiger partial charge in [0.25, 0.3) is 5.91 Å². The fourth-order valence-corrected chi connectivity index (χ4v) is 5.97. The van der Waals surface area contributed by atoms with Gasteiger partial charge in [0, 0.05) is 56.1 Å². The van der Waals surface area contributed by atoms with Crippen molar-refractivity contribution in [2.75, 3.05) is 31.1 Å². The van der Waals surface area contributed by atoms with Gasteiger partial charge in [-0.3, -0.25) is 9.69 Å². The van der Waals surface area contributed by atoms with E-state index in [9.17, 15) is 4.79 Å². The third-order valence-electron chi connectivity index (χ3n) is 7.25. The molecule has 41 heavy (non-hydrogen) atoms. The van der Waals surface area contributed by atoms with Crippen molar-refractivity contribution >= 4 is 35.1 Å². The van der Waals surface area contributed by atoms with Crippen molar-refractivity contribution in [3.8, 4) is 0 Å². The first-order valence-corrected chi connectivity index (χ1v) is 15.5. The second kappa shape index (κ2) is 14.5. The van der Waals surface area contributed by atoms with E-state index in [0.29, 0.717) is 21.6 Å². The number of halogens is 1. The topological polar surface area (TPSA) is 61.4 Å². The van der Waals surface area contributed by atoms with Crippen molar-refractivity contribution < 1.29 is 4.79 Å². The number of anilines is 1. The van der Waals surface area contributed by atoms with Crippen molar-refractivity contribution in [3.63, 3.8) is 0 Å². The molecule has 1 fully saturated rings. The molecule has 8 heteroatoms. The molecule has 5 rings (SSSR count). The second-order valence-electron chi connectivity index (χ2n) is 10.5. The van der Waals surface area contributed by atoms with Gasteiger partial charge < -0.3 is 10.2 Å². The highest BCUT2D eigenvalue weighted by atomic mass is 35.5. The van der Waals surface area contributed by atoms with Gasteiger partial charge in [0.05, 0.1) is 0 Å². The lowest BCUT2D eigenvalue weighted by atomic mass is 10.1. The number of piperazine rings is 1. The monoisotopic (exact) mass is 585 g/mol. The molecule has 0 spiro atoms. The molecular formula is C33H36ClN5OS. The number of hydrogen-bond donors (Lipinski definition) is 1. The van der Waals surface area contributed by atoms with Gasteiger partial charge in [-0.15, -0.1) is 0 Å². The number of amides is 1. The van der Waals surface area contributed by atoms with Gasteiger partial charge in [-0.2, -0.15) is 0 Å². The van der Waals surface area contributed by atoms with Crippen LogP contribution in [0.25, 0.3) is 0 Å². The minimum absolute atomic E-state index is 0.0508. The molecule has 212 valence electrons. The molecule has 6 nitrogen and oxygen atoms in total. The Morgan fingerprint density at radius 2 is 1.56 bits per heavy atom. The van der Waals surface area contributed by atoms with Crippen LogP contribution >= 0.6 is 23.4 Å². The second-order valence-corrected chi connectivity index (χ2v) is 11.8. The number of carbonyl (C=O) groups excluding carboxylic acids is 1. The fourth-order valence-electron chi connectivity index (χ4n) is 4.95. The third kappa shape index (κ3) is 8.80. The molecule has 1 aromatic heterocycles. The molecule has 3 aromatic carbocycles. The van der Waals surface area contributed by atoms with E-state index in [-0.39, 0.29) is 11.9 Å². The van der Waals surface area contributed by atoms with Gasteiger partial charge in [0.1, 0.15) is 11.0 Å². The Morgan fingerprint density at radius 3 is 2.29 bits per heavy atom. The van der Waals surface area contributed by atoms with E-state index >= 15 is 0 Å². The quantitative estimate of drug-likeness (QED) is 0.123. The number of hydrogen-bond acceptors (Lipinski definition) is 6. The van der Waals surface area contributed by atoms with Gasteiger partial charge in [-0.1, -0.05) is 96.2 Å². The van der Waals surface area contributed by atoms with Crippen LogP contribution in [0.15, 0.2) is 96.2 Å². The maximum atomic E-state index is 12.9. The van der Waals surface area contributed by atoms with Crippen LogP contribution in [0.3, 0.4) is 0 Å². The molecule has 0 bridgehead atoms. The van der Waals surface area contributed by atoms with Crippen LogP contribution in [-0.4, -0.2) is 53.0 Å². The van der Waals surface area contributed by atoms with E-state index in [4.69, 9.17) is 16.6 Å². The van der Waals surface area contributed by atoms with Crippen LogP contribution in [0.1, 0.15) is 40.4 Å². The van der Waals surface area contributed by atoms with Crippen molar-refractivity contribution in [3.05, 3.63) is 118 Å². The van der Waals surface area contributed by atoms with Crippen molar-refractivity contribution in [2.24, 2.45) is 0 Å². The molecule has 2 heterocycles. The average molecular weight is 586 g/mol. The maximum Gasteiger partial charge on any atom is 0.251 e. The summed E-state index contributed by atoms with van der Waals surface area (Å²) in [7, 11) is 0. The summed E-state index contributed by atoms with van der Waals surface area (Å²) in [4.78, 5) is 26.9. The van der Waals surface area contributed by atoms with Gasteiger partial charge in [0.15, 0.2) is 5.16 Å². The molecule has 4 aromatic rings. The number of carbonyl (C=O) groups is 1. The van der Waals surface area contributed by atoms with Gasteiger partial charge in [-0.25, -0.2) is 9.97 Å². The number of benzene rings is 3. The Hall–Kier alpha value is -3.39. The number of nitrogens with one attached hydrogen (secondary N) is 1. The smallest absolute Gasteiger partial charge is 0.251 e. The fraction of sp³-hybridized carbons (Fsp3) is 0.303. The number of thioether (sulfide) groups is 1. The SMILES string of the molecule is CC(CCc1ccccc1)NC(=O)c1cccc(CSc2nc(Cl)cc(N3CCN(Cc4ccccc4)CC3)n2)c1. The van der Waals surface area contributed by atoms with E-state index in [0.717, 1.165) is 56.9 Å². The highest BCUT2D eigenvalue weighted by Gasteiger charge is 2.20. The number of aryl methyl sites for hydroxylation is 1. The molecule has 1 unspecified atom stereocenters. The van der Waals surface area contributed by atoms with E-state index in [2.05, 4.69) is 69.5 Å². The highest BCUT2D eigenvalue weighted by molar-refractivity contribution is 7.98. The van der Waals surface area contributed by atoms with E-state index in [1.807, 2.05) is 48.5 Å². The Bertz CT molecular complexity index is 1410. The number of rotatable bonds is 11. The lowest BCUT2D eigenvalue weighted by Crippen LogP contribution is -2.46. The molecular weight excluding hydrogens is 550 g/mol. The summed E-state index contributed by atoms with van der Waals surface area (Å²) in [6, 6.07) is 30.6. The van der Waals surface area contributed by atoms with Crippen LogP contribution in [0.5, 0.6) is 0 Å². The van der Waals surface area contributed by atoms with E-state index < -0.39 is 0 Å². The van der Waals surface area contributed by atoms with Gasteiger partial charge in [0.2, 0.25) is 0 Å². The minimum atomic E-state index is -0.0508. The standard InChI is InChI=1S/C33H36ClN5OS/c1-25(15-16-26-9-4-2-5-10-26)35-32(40)29-14-8-13-28(21-29)24-41-33-36-30(34)22-31(37-33)39-19-17-38(18-20-39)23-27-11-6-3-7-12-27/h2-14,21-22,25H,15-20,23-24H2,1H3,(H,35,40). The molecule has 0 saturated carbocycles. The largest absolute Gasteiger partial charge is 0.354 e. The Labute approximate surface area is 252 Å². The van der Waals surface area contributed by atoms with Gasteiger partial charge in [-0.05, 0) is 48.6 Å². The molecule has 1 aliphatic rings. The molecule has 1 N–H and O–H groups in total. The van der Waals surface area contributed by atoms with E-state index in [1.54, 1.807) is 0 Å². The molecule has 1 atom stereocenters. The lowest BCUT2D eigenvalue weighted by Gasteiger charge is -2.35. The zero-order chi connectivity index (χ0) is 28.4. The summed E-state index contributed by atoms with van der Waals surface area (Å²) >= 11 is 7.95. The van der Waals surface area contributed by atoms with Crippen LogP contribution < -0.4 is 10.2 Å². The average Bonchev–Trinajstić information content (AvgIpc) is 3.00. The van der Waals surface area contributed by atoms with E-state index in [1.165, 1.54) is 22.9 Å². The maximum absolute atomic E-state index is 12.9. The molecule has 1 saturated heterocycles. The molecule has 1 aliphatic heterocycles. The molecule has 0 aliphatic carbocycles. The van der Waals surface area contributed by atoms with Crippen molar-refractivity contribution in [2.45, 2.75) is 43.3 Å². The van der Waals surface area contributed by atoms with Crippen molar-refractivity contribution in [1.29, 1.82) is 0 Å². The zero-order valence-corrected chi connectivity index (χ0v) is 25.0. The number of aromatic nitrogens is 2. The summed E-state index contributed by atoms with van der Waals surface area (Å²) in [5.41, 5.74) is 4.32. The minimum Gasteiger partial charge on any atom is -0.354 e. The first kappa shape index (κ1) is 29.1. The molecule has 0 radical (unpaired) electrons. The Morgan fingerprint density at radius 1 is 0.878 bits per heavy atom. The Balaban J connectivity index is 1.13. The summed E-state index contributed by atoms with van der Waals surface area (Å²) in [5.74, 6) is 1.46. The predicted octanol–water partition coefficient (Wildman–Crippen LogP) is 6.50. The third-order valence-corrected chi connectivity index (χ3v) is 8.36. The van der Waals surface area contributed by atoms with Crippen LogP contribution in [0.2, 0.25) is 5.15 Å². The summed E-state index contributed by atoms with van der Waals surface area (Å²) < 4.78 is 0. The number of nitrogens with zero attached hydrogens (tertiary/aromatic N) is 4. The zero-order valence-electron chi connectivity index (χ0n) is 23.4. The molecule has 1 amide bonds. The summed E-state index contributed by atoms with van der Waals surface area (Å²) in [5, 5.41) is 4.23. The summed E-state index contributed by atoms with van der Waals surface area (Å²) in [6.45, 7) is 6.75. The van der Waals surface area contributed by atoms with Crippen LogP contribution in [0, 0.1) is 0 Å². The summed E-state index contributed by atoms with van der Waals surface area (Å²) in [6.07, 6.45) is 1.83. The normalized spacial score (nSPS) is 14.5. The lowest BCUT2D eigenvalue weighted by molar-refractivity contribution is 0.0938. The van der Waals surface area contributed by atoms with Crippen molar-refractivity contribution in [1.82, 2.24) is 20.2 Å². The predicted molar refractivity (Wildman–Crippen MR) is 169 cm³/mol. The first-order valence-electron chi connectivity index (χ1n) is 14.1. The van der Waals surface area contributed by atoms with Crippen LogP contribution in [0.4, 0.5) is 5.82 Å². The highest BCUT2D eigenvalue weighted by Crippen LogP contribution is 2.26. The van der Waals surface area contributed by atoms with Crippen LogP contribution in [-0.2, 0) is 18.7 Å².